The minimum atomic E-state index is -0.561. The average molecular weight is 290 g/mol. The number of hydrogen-bond donors (Lipinski definition) is 0. The van der Waals surface area contributed by atoms with Crippen molar-refractivity contribution >= 4 is 39.1 Å². The second-order valence-electron chi connectivity index (χ2n) is 3.00. The Morgan fingerprint density at radius 2 is 1.87 bits per heavy atom. The quantitative estimate of drug-likeness (QED) is 0.617. The van der Waals surface area contributed by atoms with Crippen molar-refractivity contribution < 1.29 is 9.59 Å². The van der Waals surface area contributed by atoms with E-state index in [0.717, 1.165) is 5.56 Å². The second kappa shape index (κ2) is 6.03. The molecule has 0 N–H and O–H groups in total. The first kappa shape index (κ1) is 12.4. The maximum Gasteiger partial charge on any atom is 0.216 e. The van der Waals surface area contributed by atoms with Crippen LogP contribution >= 0.6 is 27.5 Å². The maximum atomic E-state index is 11.6. The number of Topliss-reactive ketones (excluding diaryl/α,β-unsaturated/α-hetero) is 2. The molecule has 0 aromatic heterocycles. The lowest BCUT2D eigenvalue weighted by atomic mass is 10.1. The Balaban J connectivity index is 2.73. The lowest BCUT2D eigenvalue weighted by Gasteiger charge is -2.07. The number of carbonyl (C=O) groups is 2. The molecule has 0 bridgehead atoms. The van der Waals surface area contributed by atoms with Gasteiger partial charge in [-0.1, -0.05) is 46.3 Å². The van der Waals surface area contributed by atoms with Gasteiger partial charge in [-0.05, 0) is 5.56 Å². The molecule has 0 amide bonds. The number of rotatable bonds is 5. The van der Waals surface area contributed by atoms with Gasteiger partial charge < -0.3 is 0 Å². The summed E-state index contributed by atoms with van der Waals surface area (Å²) in [6, 6.07) is 9.09. The van der Waals surface area contributed by atoms with Crippen molar-refractivity contribution in [2.24, 2.45) is 0 Å². The molecule has 0 heterocycles. The Kier molecular flexibility index (Phi) is 4.99. The molecule has 1 unspecified atom stereocenters. The second-order valence-corrected chi connectivity index (χ2v) is 4.29. The van der Waals surface area contributed by atoms with Gasteiger partial charge >= 0.3 is 0 Å². The highest BCUT2D eigenvalue weighted by molar-refractivity contribution is 9.09. The van der Waals surface area contributed by atoms with E-state index in [4.69, 9.17) is 11.6 Å². The maximum absolute atomic E-state index is 11.6. The first-order valence-electron chi connectivity index (χ1n) is 4.49. The summed E-state index contributed by atoms with van der Waals surface area (Å²) >= 11 is 8.61. The molecule has 80 valence electrons. The van der Waals surface area contributed by atoms with Crippen molar-refractivity contribution in [3.05, 3.63) is 35.9 Å². The third-order valence-corrected chi connectivity index (χ3v) is 3.05. The van der Waals surface area contributed by atoms with Gasteiger partial charge in [-0.2, -0.15) is 0 Å². The van der Waals surface area contributed by atoms with E-state index in [-0.39, 0.29) is 12.3 Å². The van der Waals surface area contributed by atoms with Crippen LogP contribution in [0, 0.1) is 0 Å². The van der Waals surface area contributed by atoms with Crippen LogP contribution in [-0.4, -0.2) is 17.4 Å². The van der Waals surface area contributed by atoms with Gasteiger partial charge in [0.1, 0.15) is 4.83 Å². The molecule has 1 rings (SSSR count). The number of hydrogen-bond acceptors (Lipinski definition) is 2. The van der Waals surface area contributed by atoms with Crippen molar-refractivity contribution in [3.63, 3.8) is 0 Å². The summed E-state index contributed by atoms with van der Waals surface area (Å²) in [7, 11) is 0. The van der Waals surface area contributed by atoms with Crippen LogP contribution in [0.1, 0.15) is 16.8 Å². The van der Waals surface area contributed by atoms with E-state index in [2.05, 4.69) is 15.9 Å². The minimum Gasteiger partial charge on any atom is -0.291 e. The molecule has 0 fully saturated rings. The normalized spacial score (nSPS) is 12.1. The molecule has 0 aliphatic heterocycles. The van der Waals surface area contributed by atoms with Gasteiger partial charge in [0.15, 0.2) is 0 Å². The number of alkyl halides is 2. The molecular weight excluding hydrogens is 279 g/mol. The predicted octanol–water partition coefficient (Wildman–Crippen LogP) is 2.89. The van der Waals surface area contributed by atoms with Gasteiger partial charge in [-0.15, -0.1) is 11.6 Å². The molecule has 1 aromatic rings. The van der Waals surface area contributed by atoms with Gasteiger partial charge in [0.05, 0.1) is 0 Å². The van der Waals surface area contributed by atoms with Crippen LogP contribution in [0.15, 0.2) is 30.3 Å². The molecule has 0 spiro atoms. The molecule has 1 atom stereocenters. The van der Waals surface area contributed by atoms with E-state index < -0.39 is 16.4 Å². The van der Waals surface area contributed by atoms with Gasteiger partial charge in [-0.3, -0.25) is 9.59 Å². The van der Waals surface area contributed by atoms with Gasteiger partial charge in [0.25, 0.3) is 0 Å². The highest BCUT2D eigenvalue weighted by atomic mass is 79.9. The number of halogens is 2. The smallest absolute Gasteiger partial charge is 0.216 e. The first-order chi connectivity index (χ1) is 7.16. The summed E-state index contributed by atoms with van der Waals surface area (Å²) < 4.78 is 0. The molecule has 4 heteroatoms. The fraction of sp³-hybridized carbons (Fsp3) is 0.273. The SMILES string of the molecule is O=C(CCCl)C(=O)C(Br)c1ccccc1. The van der Waals surface area contributed by atoms with Crippen LogP contribution in [0.3, 0.4) is 0 Å². The zero-order chi connectivity index (χ0) is 11.3. The highest BCUT2D eigenvalue weighted by Gasteiger charge is 2.23. The molecule has 15 heavy (non-hydrogen) atoms. The van der Waals surface area contributed by atoms with Gasteiger partial charge in [0, 0.05) is 12.3 Å². The third kappa shape index (κ3) is 3.43. The Labute approximate surface area is 102 Å². The van der Waals surface area contributed by atoms with Crippen molar-refractivity contribution in [3.8, 4) is 0 Å². The topological polar surface area (TPSA) is 34.1 Å². The predicted molar refractivity (Wildman–Crippen MR) is 63.5 cm³/mol. The van der Waals surface area contributed by atoms with Crippen molar-refractivity contribution in [2.75, 3.05) is 5.88 Å². The fourth-order valence-electron chi connectivity index (χ4n) is 1.12. The molecule has 0 radical (unpaired) electrons. The van der Waals surface area contributed by atoms with E-state index in [1.54, 1.807) is 12.1 Å². The summed E-state index contributed by atoms with van der Waals surface area (Å²) in [5, 5.41) is 0. The summed E-state index contributed by atoms with van der Waals surface area (Å²) in [5.74, 6) is -0.698. The molecule has 2 nitrogen and oxygen atoms in total. The monoisotopic (exact) mass is 288 g/mol. The molecule has 0 aliphatic rings. The van der Waals surface area contributed by atoms with E-state index in [0.29, 0.717) is 0 Å². The van der Waals surface area contributed by atoms with Crippen LogP contribution in [0.25, 0.3) is 0 Å². The van der Waals surface area contributed by atoms with Crippen molar-refractivity contribution in [2.45, 2.75) is 11.2 Å². The van der Waals surface area contributed by atoms with E-state index in [1.807, 2.05) is 18.2 Å². The molecule has 0 saturated heterocycles. The molecule has 0 aliphatic carbocycles. The Hall–Kier alpha value is -0.670. The lowest BCUT2D eigenvalue weighted by molar-refractivity contribution is -0.136. The largest absolute Gasteiger partial charge is 0.291 e. The number of benzene rings is 1. The first-order valence-corrected chi connectivity index (χ1v) is 5.94. The van der Waals surface area contributed by atoms with Crippen LogP contribution in [0.2, 0.25) is 0 Å². The summed E-state index contributed by atoms with van der Waals surface area (Å²) in [6.45, 7) is 0. The zero-order valence-electron chi connectivity index (χ0n) is 7.95. The average Bonchev–Trinajstić information content (AvgIpc) is 2.28. The van der Waals surface area contributed by atoms with Crippen LogP contribution in [0.4, 0.5) is 0 Å². The lowest BCUT2D eigenvalue weighted by Crippen LogP contribution is -2.18. The van der Waals surface area contributed by atoms with Crippen molar-refractivity contribution in [1.82, 2.24) is 0 Å². The summed E-state index contributed by atoms with van der Waals surface area (Å²) in [6.07, 6.45) is 0.0926. The van der Waals surface area contributed by atoms with E-state index >= 15 is 0 Å². The van der Waals surface area contributed by atoms with E-state index in [1.165, 1.54) is 0 Å². The third-order valence-electron chi connectivity index (χ3n) is 1.92. The molecule has 1 aromatic carbocycles. The highest BCUT2D eigenvalue weighted by Crippen LogP contribution is 2.24. The number of carbonyl (C=O) groups excluding carboxylic acids is 2. The Morgan fingerprint density at radius 1 is 1.27 bits per heavy atom. The minimum absolute atomic E-state index is 0.0926. The summed E-state index contributed by atoms with van der Waals surface area (Å²) in [5.41, 5.74) is 0.783. The summed E-state index contributed by atoms with van der Waals surface area (Å²) in [4.78, 5) is 22.3. The zero-order valence-corrected chi connectivity index (χ0v) is 10.3. The number of ketones is 2. The van der Waals surface area contributed by atoms with Gasteiger partial charge in [-0.25, -0.2) is 0 Å². The van der Waals surface area contributed by atoms with E-state index in [9.17, 15) is 9.59 Å². The molecular formula is C11H10BrClO2. The Bertz CT molecular complexity index is 351. The molecule has 0 saturated carbocycles. The van der Waals surface area contributed by atoms with Gasteiger partial charge in [0.2, 0.25) is 11.6 Å². The van der Waals surface area contributed by atoms with Crippen LogP contribution in [-0.2, 0) is 9.59 Å². The van der Waals surface area contributed by atoms with Crippen LogP contribution < -0.4 is 0 Å². The van der Waals surface area contributed by atoms with Crippen molar-refractivity contribution in [1.29, 1.82) is 0 Å². The Morgan fingerprint density at radius 3 is 2.40 bits per heavy atom. The van der Waals surface area contributed by atoms with Crippen LogP contribution in [0.5, 0.6) is 0 Å². The fourth-order valence-corrected chi connectivity index (χ4v) is 1.86. The standard InChI is InChI=1S/C11H10BrClO2/c12-10(8-4-2-1-3-5-8)11(15)9(14)6-7-13/h1-5,10H,6-7H2.